The Kier molecular flexibility index (Phi) is 6.93. The number of benzene rings is 2. The Morgan fingerprint density at radius 1 is 0.917 bits per heavy atom. The van der Waals surface area contributed by atoms with Gasteiger partial charge in [-0.1, -0.05) is 24.8 Å². The van der Waals surface area contributed by atoms with Crippen LogP contribution in [0.1, 0.15) is 30.9 Å². The molecule has 0 spiro atoms. The van der Waals surface area contributed by atoms with Gasteiger partial charge >= 0.3 is 24.1 Å². The van der Waals surface area contributed by atoms with E-state index in [4.69, 9.17) is 14.2 Å². The fourth-order valence-corrected chi connectivity index (χ4v) is 5.12. The highest BCUT2D eigenvalue weighted by molar-refractivity contribution is 5.88. The fourth-order valence-electron chi connectivity index (χ4n) is 5.12. The number of esters is 3. The summed E-state index contributed by atoms with van der Waals surface area (Å²) in [5, 5.41) is 0. The lowest BCUT2D eigenvalue weighted by molar-refractivity contribution is -0.161. The minimum atomic E-state index is -4.60. The molecular formula is C27H25F3O6. The molecule has 5 unspecified atom stereocenters. The van der Waals surface area contributed by atoms with Gasteiger partial charge in [0.15, 0.2) is 0 Å². The van der Waals surface area contributed by atoms with Gasteiger partial charge in [-0.3, -0.25) is 9.59 Å². The lowest BCUT2D eigenvalue weighted by Crippen LogP contribution is -2.44. The Bertz CT molecular complexity index is 1200. The lowest BCUT2D eigenvalue weighted by Gasteiger charge is -2.32. The van der Waals surface area contributed by atoms with E-state index >= 15 is 0 Å². The molecular weight excluding hydrogens is 477 g/mol. The van der Waals surface area contributed by atoms with E-state index in [2.05, 4.69) is 6.58 Å². The Labute approximate surface area is 206 Å². The van der Waals surface area contributed by atoms with Crippen LogP contribution in [0, 0.1) is 30.6 Å². The van der Waals surface area contributed by atoms with Crippen molar-refractivity contribution in [2.24, 2.45) is 23.7 Å². The Balaban J connectivity index is 1.58. The first kappa shape index (κ1) is 25.5. The van der Waals surface area contributed by atoms with Crippen LogP contribution >= 0.6 is 0 Å². The molecule has 2 fully saturated rings. The van der Waals surface area contributed by atoms with Crippen LogP contribution in [-0.4, -0.2) is 24.0 Å². The van der Waals surface area contributed by atoms with Gasteiger partial charge in [-0.05, 0) is 68.5 Å². The second-order valence-electron chi connectivity index (χ2n) is 9.36. The Hall–Kier alpha value is -3.62. The van der Waals surface area contributed by atoms with Crippen LogP contribution in [0.15, 0.2) is 60.7 Å². The summed E-state index contributed by atoms with van der Waals surface area (Å²) in [5.41, 5.74) is 0.113. The zero-order valence-electron chi connectivity index (χ0n) is 19.7. The molecule has 36 heavy (non-hydrogen) atoms. The average molecular weight is 502 g/mol. The molecule has 2 aliphatic carbocycles. The summed E-state index contributed by atoms with van der Waals surface area (Å²) >= 11 is 0. The number of aryl methyl sites for hydroxylation is 1. The number of alkyl halides is 3. The summed E-state index contributed by atoms with van der Waals surface area (Å²) in [4.78, 5) is 38.6. The molecule has 0 aliphatic heterocycles. The predicted molar refractivity (Wildman–Crippen MR) is 122 cm³/mol. The summed E-state index contributed by atoms with van der Waals surface area (Å²) in [6.45, 7) is 6.91. The zero-order chi connectivity index (χ0) is 26.2. The second kappa shape index (κ2) is 9.79. The van der Waals surface area contributed by atoms with Crippen LogP contribution in [-0.2, 0) is 25.3 Å². The van der Waals surface area contributed by atoms with Crippen LogP contribution in [0.4, 0.5) is 13.2 Å². The third-order valence-corrected chi connectivity index (χ3v) is 6.68. The quantitative estimate of drug-likeness (QED) is 0.304. The number of ether oxygens (including phenoxy) is 3. The standard InChI is InChI=1S/C27H25F3O6/c1-14(2)24(31)36-21-12-16-11-20(21)23(26(33)34-18-8-4-6-15(3)10-18)22(16)25(32)35-19-9-5-7-17(13-19)27(28,29)30/h4-10,13,16,20-23H,1,11-12H2,2-3H3. The molecule has 4 rings (SSSR count). The summed E-state index contributed by atoms with van der Waals surface area (Å²) in [6.07, 6.45) is -4.49. The molecule has 0 aromatic heterocycles. The van der Waals surface area contributed by atoms with Gasteiger partial charge in [0.1, 0.15) is 17.6 Å². The third-order valence-electron chi connectivity index (χ3n) is 6.68. The van der Waals surface area contributed by atoms with E-state index in [0.717, 1.165) is 23.8 Å². The van der Waals surface area contributed by atoms with Crippen molar-refractivity contribution in [3.8, 4) is 11.5 Å². The number of carbonyl (C=O) groups excluding carboxylic acids is 3. The largest absolute Gasteiger partial charge is 0.459 e. The second-order valence-corrected chi connectivity index (χ2v) is 9.36. The molecule has 6 nitrogen and oxygen atoms in total. The van der Waals surface area contributed by atoms with E-state index in [1.807, 2.05) is 13.0 Å². The van der Waals surface area contributed by atoms with Crippen molar-refractivity contribution < 1.29 is 41.8 Å². The van der Waals surface area contributed by atoms with Crippen molar-refractivity contribution in [3.05, 3.63) is 71.8 Å². The first-order chi connectivity index (χ1) is 16.9. The SMILES string of the molecule is C=C(C)C(=O)OC1CC2CC1C(C(=O)Oc1cccc(C)c1)C2C(=O)Oc1cccc(C(F)(F)F)c1. The zero-order valence-corrected chi connectivity index (χ0v) is 19.7. The molecule has 2 aromatic rings. The van der Waals surface area contributed by atoms with Gasteiger partial charge in [0.25, 0.3) is 0 Å². The highest BCUT2D eigenvalue weighted by atomic mass is 19.4. The minimum absolute atomic E-state index is 0.206. The van der Waals surface area contributed by atoms with Gasteiger partial charge < -0.3 is 14.2 Å². The molecule has 0 heterocycles. The topological polar surface area (TPSA) is 78.9 Å². The molecule has 190 valence electrons. The van der Waals surface area contributed by atoms with Gasteiger partial charge in [0, 0.05) is 11.5 Å². The molecule has 5 atom stereocenters. The molecule has 2 aliphatic rings. The first-order valence-electron chi connectivity index (χ1n) is 11.5. The van der Waals surface area contributed by atoms with Gasteiger partial charge in [-0.25, -0.2) is 4.79 Å². The summed E-state index contributed by atoms with van der Waals surface area (Å²) in [7, 11) is 0. The van der Waals surface area contributed by atoms with Crippen molar-refractivity contribution in [1.82, 2.24) is 0 Å². The van der Waals surface area contributed by atoms with Crippen LogP contribution < -0.4 is 9.47 Å². The van der Waals surface area contributed by atoms with Crippen molar-refractivity contribution in [3.63, 3.8) is 0 Å². The van der Waals surface area contributed by atoms with Crippen LogP contribution in [0.25, 0.3) is 0 Å². The molecule has 9 heteroatoms. The molecule has 2 aromatic carbocycles. The van der Waals surface area contributed by atoms with Gasteiger partial charge in [0.05, 0.1) is 17.4 Å². The fraction of sp³-hybridized carbons (Fsp3) is 0.370. The molecule has 0 amide bonds. The number of carbonyl (C=O) groups is 3. The Morgan fingerprint density at radius 2 is 1.53 bits per heavy atom. The van der Waals surface area contributed by atoms with Crippen molar-refractivity contribution in [2.75, 3.05) is 0 Å². The van der Waals surface area contributed by atoms with Crippen molar-refractivity contribution in [2.45, 2.75) is 39.0 Å². The Morgan fingerprint density at radius 3 is 2.14 bits per heavy atom. The maximum atomic E-state index is 13.3. The van der Waals surface area contributed by atoms with Crippen LogP contribution in [0.3, 0.4) is 0 Å². The van der Waals surface area contributed by atoms with E-state index in [1.165, 1.54) is 13.0 Å². The minimum Gasteiger partial charge on any atom is -0.459 e. The highest BCUT2D eigenvalue weighted by Gasteiger charge is 2.60. The van der Waals surface area contributed by atoms with Gasteiger partial charge in [-0.15, -0.1) is 0 Å². The normalized spacial score (nSPS) is 24.8. The predicted octanol–water partition coefficient (Wildman–Crippen LogP) is 5.28. The average Bonchev–Trinajstić information content (AvgIpc) is 3.37. The molecule has 2 saturated carbocycles. The number of rotatable bonds is 6. The van der Waals surface area contributed by atoms with Crippen molar-refractivity contribution in [1.29, 1.82) is 0 Å². The number of hydrogen-bond acceptors (Lipinski definition) is 6. The highest BCUT2D eigenvalue weighted by Crippen LogP contribution is 2.54. The van der Waals surface area contributed by atoms with Crippen LogP contribution in [0.2, 0.25) is 0 Å². The van der Waals surface area contributed by atoms with Gasteiger partial charge in [-0.2, -0.15) is 13.2 Å². The smallest absolute Gasteiger partial charge is 0.416 e. The molecule has 2 bridgehead atoms. The first-order valence-corrected chi connectivity index (χ1v) is 11.5. The van der Waals surface area contributed by atoms with E-state index in [9.17, 15) is 27.6 Å². The maximum absolute atomic E-state index is 13.3. The van der Waals surface area contributed by atoms with E-state index in [1.54, 1.807) is 18.2 Å². The van der Waals surface area contributed by atoms with Crippen molar-refractivity contribution >= 4 is 17.9 Å². The molecule has 0 N–H and O–H groups in total. The van der Waals surface area contributed by atoms with E-state index in [-0.39, 0.29) is 17.2 Å². The summed E-state index contributed by atoms with van der Waals surface area (Å²) in [5.74, 6) is -4.90. The number of hydrogen-bond donors (Lipinski definition) is 0. The molecule has 0 saturated heterocycles. The molecule has 0 radical (unpaired) electrons. The van der Waals surface area contributed by atoms with E-state index < -0.39 is 53.5 Å². The van der Waals surface area contributed by atoms with Gasteiger partial charge in [0.2, 0.25) is 0 Å². The monoisotopic (exact) mass is 502 g/mol. The lowest BCUT2D eigenvalue weighted by atomic mass is 9.77. The number of halogens is 3. The maximum Gasteiger partial charge on any atom is 0.416 e. The van der Waals surface area contributed by atoms with Crippen LogP contribution in [0.5, 0.6) is 11.5 Å². The summed E-state index contributed by atoms with van der Waals surface area (Å²) in [6, 6.07) is 10.8. The summed E-state index contributed by atoms with van der Waals surface area (Å²) < 4.78 is 55.7. The third kappa shape index (κ3) is 5.29. The van der Waals surface area contributed by atoms with E-state index in [0.29, 0.717) is 18.6 Å². The number of fused-ring (bicyclic) bond motifs is 2.